The van der Waals surface area contributed by atoms with Gasteiger partial charge in [0.1, 0.15) is 0 Å². The van der Waals surface area contributed by atoms with Gasteiger partial charge in [-0.2, -0.15) is 0 Å². The van der Waals surface area contributed by atoms with E-state index in [0.717, 1.165) is 30.4 Å². The smallest absolute Gasteiger partial charge is 0.230 e. The van der Waals surface area contributed by atoms with Crippen LogP contribution in [0.3, 0.4) is 0 Å². The zero-order valence-electron chi connectivity index (χ0n) is 20.5. The summed E-state index contributed by atoms with van der Waals surface area (Å²) in [7, 11) is 0. The molecule has 0 bridgehead atoms. The fourth-order valence-electron chi connectivity index (χ4n) is 6.36. The summed E-state index contributed by atoms with van der Waals surface area (Å²) in [6.07, 6.45) is 21.1. The molecule has 34 heavy (non-hydrogen) atoms. The normalized spacial score (nSPS) is 43.9. The summed E-state index contributed by atoms with van der Waals surface area (Å²) in [5, 5.41) is 32.0. The van der Waals surface area contributed by atoms with Gasteiger partial charge >= 0.3 is 0 Å². The van der Waals surface area contributed by atoms with E-state index in [9.17, 15) is 20.1 Å². The molecule has 4 rings (SSSR count). The van der Waals surface area contributed by atoms with Crippen molar-refractivity contribution in [1.82, 2.24) is 4.90 Å². The van der Waals surface area contributed by atoms with Crippen molar-refractivity contribution in [3.05, 3.63) is 71.9 Å². The Labute approximate surface area is 203 Å². The highest BCUT2D eigenvalue weighted by atomic mass is 16.3. The van der Waals surface area contributed by atoms with Crippen molar-refractivity contribution in [3.8, 4) is 0 Å². The minimum absolute atomic E-state index is 0.00118. The van der Waals surface area contributed by atoms with Crippen LogP contribution < -0.4 is 0 Å². The van der Waals surface area contributed by atoms with Gasteiger partial charge in [0.2, 0.25) is 5.91 Å². The number of carbonyl (C=O) groups excluding carboxylic acids is 1. The summed E-state index contributed by atoms with van der Waals surface area (Å²) in [5.41, 5.74) is 2.04. The number of allylic oxidation sites excluding steroid dienone is 7. The zero-order chi connectivity index (χ0) is 24.4. The van der Waals surface area contributed by atoms with E-state index < -0.39 is 18.3 Å². The number of aliphatic hydroxyl groups is 3. The molecule has 184 valence electrons. The van der Waals surface area contributed by atoms with E-state index in [1.54, 1.807) is 6.08 Å². The third-order valence-corrected chi connectivity index (χ3v) is 8.01. The number of amides is 1. The number of hydrogen-bond donors (Lipinski definition) is 3. The summed E-state index contributed by atoms with van der Waals surface area (Å²) < 4.78 is 0. The maximum Gasteiger partial charge on any atom is 0.230 e. The van der Waals surface area contributed by atoms with Gasteiger partial charge in [0.05, 0.1) is 30.3 Å². The molecule has 0 aromatic carbocycles. The molecular weight excluding hydrogens is 426 g/mol. The molecule has 0 spiro atoms. The molecule has 0 saturated carbocycles. The Balaban J connectivity index is 1.63. The van der Waals surface area contributed by atoms with Gasteiger partial charge in [-0.1, -0.05) is 85.3 Å². The average Bonchev–Trinajstić information content (AvgIpc) is 3.28. The van der Waals surface area contributed by atoms with E-state index in [0.29, 0.717) is 6.42 Å². The molecule has 4 aliphatic rings. The minimum atomic E-state index is -0.885. The van der Waals surface area contributed by atoms with Crippen LogP contribution in [-0.4, -0.2) is 56.5 Å². The fraction of sp³-hybridized carbons (Fsp3) is 0.552. The number of carbonyl (C=O) groups is 1. The Morgan fingerprint density at radius 1 is 1.03 bits per heavy atom. The van der Waals surface area contributed by atoms with E-state index in [-0.39, 0.29) is 41.7 Å². The summed E-state index contributed by atoms with van der Waals surface area (Å²) in [6, 6.07) is -0.239. The Bertz CT molecular complexity index is 942. The van der Waals surface area contributed by atoms with E-state index in [2.05, 4.69) is 31.2 Å². The molecule has 0 radical (unpaired) electrons. The van der Waals surface area contributed by atoms with Crippen LogP contribution in [0, 0.1) is 23.7 Å². The Morgan fingerprint density at radius 3 is 2.56 bits per heavy atom. The molecule has 1 unspecified atom stereocenters. The van der Waals surface area contributed by atoms with Crippen molar-refractivity contribution in [2.24, 2.45) is 23.7 Å². The topological polar surface area (TPSA) is 81.0 Å². The Kier molecular flexibility index (Phi) is 7.76. The largest absolute Gasteiger partial charge is 0.391 e. The number of rotatable bonds is 5. The monoisotopic (exact) mass is 465 g/mol. The van der Waals surface area contributed by atoms with Crippen LogP contribution in [0.5, 0.6) is 0 Å². The molecule has 0 aromatic heterocycles. The van der Waals surface area contributed by atoms with Gasteiger partial charge in [0, 0.05) is 23.8 Å². The van der Waals surface area contributed by atoms with E-state index >= 15 is 0 Å². The number of nitrogens with zero attached hydrogens (tertiary/aromatic N) is 1. The summed E-state index contributed by atoms with van der Waals surface area (Å²) >= 11 is 0. The molecule has 2 heterocycles. The maximum atomic E-state index is 13.6. The van der Waals surface area contributed by atoms with E-state index in [4.69, 9.17) is 0 Å². The van der Waals surface area contributed by atoms with Gasteiger partial charge < -0.3 is 20.2 Å². The van der Waals surface area contributed by atoms with Crippen LogP contribution in [0.25, 0.3) is 0 Å². The molecule has 1 amide bonds. The standard InChI is InChI=1S/C29H39NO4/c1-4-5-6-7-8-9-12-21-17-24(32)27-26-19(3)16-20-14-15-23(31)28(33)25(20)18(2)11-10-13-22(26)29(34)30(21)27/h6-11,13-16,20-28,31-33H,4-5,12,17H2,1-3H3/b7-6+,9-8+,13-10-,18-11+,19-16+/t20-,21+,22+,23-,24-,25-,26+,27?,28-/m0/s1. The van der Waals surface area contributed by atoms with Gasteiger partial charge in [-0.25, -0.2) is 0 Å². The first-order valence-corrected chi connectivity index (χ1v) is 12.7. The van der Waals surface area contributed by atoms with Gasteiger partial charge in [-0.3, -0.25) is 4.79 Å². The minimum Gasteiger partial charge on any atom is -0.391 e. The van der Waals surface area contributed by atoms with Crippen LogP contribution in [0.15, 0.2) is 71.9 Å². The van der Waals surface area contributed by atoms with Crippen LogP contribution in [-0.2, 0) is 4.79 Å². The fourth-order valence-corrected chi connectivity index (χ4v) is 6.36. The van der Waals surface area contributed by atoms with Crippen molar-refractivity contribution < 1.29 is 20.1 Å². The first-order chi connectivity index (χ1) is 16.3. The number of fused-ring (bicyclic) bond motifs is 4. The maximum absolute atomic E-state index is 13.6. The zero-order valence-corrected chi connectivity index (χ0v) is 20.5. The second-order valence-corrected chi connectivity index (χ2v) is 10.3. The summed E-state index contributed by atoms with van der Waals surface area (Å²) in [5.74, 6) is -0.624. The molecule has 5 nitrogen and oxygen atoms in total. The Morgan fingerprint density at radius 2 is 1.79 bits per heavy atom. The molecule has 2 saturated heterocycles. The highest BCUT2D eigenvalue weighted by molar-refractivity contribution is 5.85. The number of aliphatic hydroxyl groups excluding tert-OH is 3. The number of unbranched alkanes of at least 4 members (excludes halogenated alkanes) is 1. The van der Waals surface area contributed by atoms with Crippen molar-refractivity contribution in [2.45, 2.75) is 76.9 Å². The van der Waals surface area contributed by atoms with Gasteiger partial charge in [-0.15, -0.1) is 0 Å². The Hall–Kier alpha value is -2.21. The highest BCUT2D eigenvalue weighted by Gasteiger charge is 2.56. The first-order valence-electron chi connectivity index (χ1n) is 12.7. The molecule has 0 aromatic rings. The van der Waals surface area contributed by atoms with Crippen molar-refractivity contribution in [1.29, 1.82) is 0 Å². The predicted octanol–water partition coefficient (Wildman–Crippen LogP) is 3.85. The van der Waals surface area contributed by atoms with Crippen molar-refractivity contribution >= 4 is 5.91 Å². The van der Waals surface area contributed by atoms with Gasteiger partial charge in [-0.05, 0) is 33.1 Å². The quantitative estimate of drug-likeness (QED) is 0.426. The van der Waals surface area contributed by atoms with Crippen molar-refractivity contribution in [2.75, 3.05) is 0 Å². The lowest BCUT2D eigenvalue weighted by molar-refractivity contribution is -0.132. The second kappa shape index (κ2) is 10.6. The summed E-state index contributed by atoms with van der Waals surface area (Å²) in [4.78, 5) is 15.6. The van der Waals surface area contributed by atoms with Gasteiger partial charge in [0.15, 0.2) is 0 Å². The lowest BCUT2D eigenvalue weighted by atomic mass is 9.73. The highest BCUT2D eigenvalue weighted by Crippen LogP contribution is 2.47. The molecule has 5 heteroatoms. The second-order valence-electron chi connectivity index (χ2n) is 10.3. The van der Waals surface area contributed by atoms with Crippen LogP contribution >= 0.6 is 0 Å². The van der Waals surface area contributed by atoms with Crippen LogP contribution in [0.1, 0.15) is 46.5 Å². The van der Waals surface area contributed by atoms with Gasteiger partial charge in [0.25, 0.3) is 0 Å². The molecule has 3 N–H and O–H groups in total. The van der Waals surface area contributed by atoms with Crippen molar-refractivity contribution in [3.63, 3.8) is 0 Å². The summed E-state index contributed by atoms with van der Waals surface area (Å²) in [6.45, 7) is 6.16. The molecule has 2 aliphatic carbocycles. The molecule has 2 aliphatic heterocycles. The predicted molar refractivity (Wildman–Crippen MR) is 135 cm³/mol. The molecule has 9 atom stereocenters. The third kappa shape index (κ3) is 4.66. The lowest BCUT2D eigenvalue weighted by Gasteiger charge is -2.35. The van der Waals surface area contributed by atoms with Crippen LogP contribution in [0.4, 0.5) is 0 Å². The van der Waals surface area contributed by atoms with E-state index in [1.807, 2.05) is 49.1 Å². The SMILES string of the molecule is CCC/C=C/C=C/C[C@@H]1C[C@H](O)C2[C@@H]3/C(C)=C/[C@@H]4C=C[C@H](O)[C@H](O)[C@H]4/C(C)=C/C=C\[C@H]3C(=O)N21. The first kappa shape index (κ1) is 24.9. The average molecular weight is 466 g/mol. The molecule has 2 fully saturated rings. The third-order valence-electron chi connectivity index (χ3n) is 8.01. The molecular formula is C29H39NO4. The van der Waals surface area contributed by atoms with E-state index in [1.165, 1.54) is 0 Å². The van der Waals surface area contributed by atoms with Crippen LogP contribution in [0.2, 0.25) is 0 Å². The number of hydrogen-bond acceptors (Lipinski definition) is 4. The lowest BCUT2D eigenvalue weighted by Crippen LogP contribution is -2.40.